The van der Waals surface area contributed by atoms with Gasteiger partial charge in [0.25, 0.3) is 0 Å². The summed E-state index contributed by atoms with van der Waals surface area (Å²) in [6.07, 6.45) is 2.85. The third-order valence-electron chi connectivity index (χ3n) is 3.52. The van der Waals surface area contributed by atoms with Crippen molar-refractivity contribution < 1.29 is 4.74 Å². The van der Waals surface area contributed by atoms with Gasteiger partial charge in [0.1, 0.15) is 0 Å². The molecule has 2 unspecified atom stereocenters. The van der Waals surface area contributed by atoms with Crippen LogP contribution in [0.25, 0.3) is 0 Å². The van der Waals surface area contributed by atoms with Crippen molar-refractivity contribution in [3.8, 4) is 0 Å². The minimum Gasteiger partial charge on any atom is -0.377 e. The Hall–Kier alpha value is -0.420. The standard InChI is InChI=1S/C14H24N2OS/c1-12(14-4-3-8-17-14)15-6-7-16(2)10-13-5-9-18-11-13/h5,9,11-12,14-15H,3-4,6-8,10H2,1-2H3. The Morgan fingerprint density at radius 3 is 3.17 bits per heavy atom. The molecule has 0 bridgehead atoms. The minimum atomic E-state index is 0.423. The summed E-state index contributed by atoms with van der Waals surface area (Å²) in [4.78, 5) is 2.36. The second kappa shape index (κ2) is 7.24. The number of nitrogens with zero attached hydrogens (tertiary/aromatic N) is 1. The largest absolute Gasteiger partial charge is 0.377 e. The van der Waals surface area contributed by atoms with Crippen molar-refractivity contribution in [2.45, 2.75) is 38.5 Å². The van der Waals surface area contributed by atoms with Gasteiger partial charge in [0, 0.05) is 32.3 Å². The van der Waals surface area contributed by atoms with Crippen LogP contribution in [0.5, 0.6) is 0 Å². The summed E-state index contributed by atoms with van der Waals surface area (Å²) in [5.74, 6) is 0. The van der Waals surface area contributed by atoms with E-state index in [1.807, 2.05) is 0 Å². The van der Waals surface area contributed by atoms with Crippen molar-refractivity contribution in [3.63, 3.8) is 0 Å². The lowest BCUT2D eigenvalue weighted by Gasteiger charge is -2.22. The second-order valence-electron chi connectivity index (χ2n) is 5.16. The summed E-state index contributed by atoms with van der Waals surface area (Å²) in [6, 6.07) is 2.67. The molecule has 1 fully saturated rings. The van der Waals surface area contributed by atoms with Crippen molar-refractivity contribution in [1.29, 1.82) is 0 Å². The van der Waals surface area contributed by atoms with Crippen LogP contribution in [0.1, 0.15) is 25.3 Å². The molecule has 1 saturated heterocycles. The molecule has 1 aromatic rings. The van der Waals surface area contributed by atoms with Gasteiger partial charge in [-0.25, -0.2) is 0 Å². The van der Waals surface area contributed by atoms with Crippen molar-refractivity contribution in [3.05, 3.63) is 22.4 Å². The molecule has 1 aliphatic heterocycles. The van der Waals surface area contributed by atoms with Gasteiger partial charge in [0.2, 0.25) is 0 Å². The maximum absolute atomic E-state index is 5.68. The highest BCUT2D eigenvalue weighted by molar-refractivity contribution is 7.07. The van der Waals surface area contributed by atoms with E-state index in [0.717, 1.165) is 26.2 Å². The number of thiophene rings is 1. The van der Waals surface area contributed by atoms with Gasteiger partial charge >= 0.3 is 0 Å². The van der Waals surface area contributed by atoms with Crippen LogP contribution in [0, 0.1) is 0 Å². The van der Waals surface area contributed by atoms with E-state index in [2.05, 4.69) is 41.0 Å². The number of hydrogen-bond donors (Lipinski definition) is 1. The van der Waals surface area contributed by atoms with E-state index in [-0.39, 0.29) is 0 Å². The molecule has 1 aromatic heterocycles. The first-order valence-electron chi connectivity index (χ1n) is 6.80. The highest BCUT2D eigenvalue weighted by Gasteiger charge is 2.21. The Labute approximate surface area is 114 Å². The first-order valence-corrected chi connectivity index (χ1v) is 7.74. The minimum absolute atomic E-state index is 0.423. The molecule has 2 atom stereocenters. The van der Waals surface area contributed by atoms with Crippen LogP contribution < -0.4 is 5.32 Å². The second-order valence-corrected chi connectivity index (χ2v) is 5.94. The molecule has 0 radical (unpaired) electrons. The average molecular weight is 268 g/mol. The molecule has 1 aliphatic rings. The fourth-order valence-electron chi connectivity index (χ4n) is 2.38. The fourth-order valence-corrected chi connectivity index (χ4v) is 3.04. The molecule has 4 heteroatoms. The maximum atomic E-state index is 5.68. The van der Waals surface area contributed by atoms with Crippen LogP contribution in [0.4, 0.5) is 0 Å². The molecule has 2 heterocycles. The number of ether oxygens (including phenoxy) is 1. The topological polar surface area (TPSA) is 24.5 Å². The van der Waals surface area contributed by atoms with Crippen molar-refractivity contribution in [1.82, 2.24) is 10.2 Å². The van der Waals surface area contributed by atoms with E-state index >= 15 is 0 Å². The van der Waals surface area contributed by atoms with Crippen molar-refractivity contribution in [2.75, 3.05) is 26.7 Å². The van der Waals surface area contributed by atoms with Crippen LogP contribution >= 0.6 is 11.3 Å². The normalized spacial score (nSPS) is 21.6. The Morgan fingerprint density at radius 2 is 2.50 bits per heavy atom. The van der Waals surface area contributed by atoms with Gasteiger partial charge in [-0.15, -0.1) is 0 Å². The quantitative estimate of drug-likeness (QED) is 0.821. The molecule has 0 aromatic carbocycles. The summed E-state index contributed by atoms with van der Waals surface area (Å²) in [6.45, 7) is 6.32. The van der Waals surface area contributed by atoms with E-state index in [0.29, 0.717) is 12.1 Å². The zero-order chi connectivity index (χ0) is 12.8. The van der Waals surface area contributed by atoms with E-state index in [9.17, 15) is 0 Å². The predicted octanol–water partition coefficient (Wildman–Crippen LogP) is 2.34. The molecule has 0 spiro atoms. The van der Waals surface area contributed by atoms with Crippen LogP contribution in [0.2, 0.25) is 0 Å². The van der Waals surface area contributed by atoms with Crippen LogP contribution in [0.15, 0.2) is 16.8 Å². The van der Waals surface area contributed by atoms with Gasteiger partial charge in [-0.05, 0) is 49.2 Å². The zero-order valence-electron chi connectivity index (χ0n) is 11.4. The summed E-state index contributed by atoms with van der Waals surface area (Å²) < 4.78 is 5.68. The number of nitrogens with one attached hydrogen (secondary N) is 1. The Kier molecular flexibility index (Phi) is 5.63. The third-order valence-corrected chi connectivity index (χ3v) is 4.25. The summed E-state index contributed by atoms with van der Waals surface area (Å²) in [5, 5.41) is 7.93. The lowest BCUT2D eigenvalue weighted by Crippen LogP contribution is -2.40. The smallest absolute Gasteiger partial charge is 0.0726 e. The van der Waals surface area contributed by atoms with Gasteiger partial charge in [0.05, 0.1) is 6.10 Å². The molecular weight excluding hydrogens is 244 g/mol. The van der Waals surface area contributed by atoms with Gasteiger partial charge < -0.3 is 15.0 Å². The van der Waals surface area contributed by atoms with Gasteiger partial charge in [-0.2, -0.15) is 11.3 Å². The van der Waals surface area contributed by atoms with Gasteiger partial charge in [0.15, 0.2) is 0 Å². The van der Waals surface area contributed by atoms with E-state index < -0.39 is 0 Å². The average Bonchev–Trinajstić information content (AvgIpc) is 3.00. The molecule has 3 nitrogen and oxygen atoms in total. The van der Waals surface area contributed by atoms with Gasteiger partial charge in [-0.1, -0.05) is 0 Å². The maximum Gasteiger partial charge on any atom is 0.0726 e. The number of likely N-dealkylation sites (N-methyl/N-ethyl adjacent to an activating group) is 1. The van der Waals surface area contributed by atoms with E-state index in [4.69, 9.17) is 4.74 Å². The lowest BCUT2D eigenvalue weighted by molar-refractivity contribution is 0.0829. The predicted molar refractivity (Wildman–Crippen MR) is 77.1 cm³/mol. The molecule has 0 aliphatic carbocycles. The Morgan fingerprint density at radius 1 is 1.61 bits per heavy atom. The van der Waals surface area contributed by atoms with E-state index in [1.54, 1.807) is 11.3 Å². The zero-order valence-corrected chi connectivity index (χ0v) is 12.2. The molecule has 0 saturated carbocycles. The molecule has 0 amide bonds. The van der Waals surface area contributed by atoms with Crippen molar-refractivity contribution in [2.24, 2.45) is 0 Å². The van der Waals surface area contributed by atoms with E-state index in [1.165, 1.54) is 18.4 Å². The summed E-state index contributed by atoms with van der Waals surface area (Å²) in [5.41, 5.74) is 1.41. The molecular formula is C14H24N2OS. The molecule has 2 rings (SSSR count). The third kappa shape index (κ3) is 4.35. The lowest BCUT2D eigenvalue weighted by atomic mass is 10.1. The van der Waals surface area contributed by atoms with Crippen LogP contribution in [0.3, 0.4) is 0 Å². The molecule has 1 N–H and O–H groups in total. The summed E-state index contributed by atoms with van der Waals surface area (Å²) >= 11 is 1.77. The highest BCUT2D eigenvalue weighted by Crippen LogP contribution is 2.15. The Balaban J connectivity index is 1.59. The molecule has 102 valence electrons. The first-order chi connectivity index (χ1) is 8.75. The monoisotopic (exact) mass is 268 g/mol. The number of rotatable bonds is 7. The first kappa shape index (κ1) is 14.0. The summed E-state index contributed by atoms with van der Waals surface area (Å²) in [7, 11) is 2.18. The van der Waals surface area contributed by atoms with Crippen LogP contribution in [-0.4, -0.2) is 43.8 Å². The Bertz CT molecular complexity index is 323. The SMILES string of the molecule is CC(NCCN(C)Cc1ccsc1)C1CCCO1. The van der Waals surface area contributed by atoms with Gasteiger partial charge in [-0.3, -0.25) is 0 Å². The fraction of sp³-hybridized carbons (Fsp3) is 0.714. The number of hydrogen-bond acceptors (Lipinski definition) is 4. The van der Waals surface area contributed by atoms with Crippen LogP contribution in [-0.2, 0) is 11.3 Å². The van der Waals surface area contributed by atoms with Crippen molar-refractivity contribution >= 4 is 11.3 Å². The molecule has 18 heavy (non-hydrogen) atoms. The highest BCUT2D eigenvalue weighted by atomic mass is 32.1.